The summed E-state index contributed by atoms with van der Waals surface area (Å²) in [6, 6.07) is 36.4. The molecule has 0 aromatic heterocycles. The average Bonchev–Trinajstić information content (AvgIpc) is 1.45. The van der Waals surface area contributed by atoms with Crippen LogP contribution in [0, 0.1) is 0 Å². The van der Waals surface area contributed by atoms with E-state index in [1.54, 1.807) is 54.6 Å². The molecule has 594 valence electrons. The molecule has 2 aliphatic heterocycles. The Kier molecular flexibility index (Phi) is 32.9. The molecule has 42 nitrogen and oxygen atoms in total. The molecule has 0 bridgehead atoms. The van der Waals surface area contributed by atoms with E-state index in [9.17, 15) is 103 Å². The summed E-state index contributed by atoms with van der Waals surface area (Å²) in [5.41, 5.74) is 7.67. The van der Waals surface area contributed by atoms with Crippen LogP contribution in [0.25, 0.3) is 0 Å². The topological polar surface area (TPSA) is 648 Å². The summed E-state index contributed by atoms with van der Waals surface area (Å²) in [5, 5.41) is 128. The summed E-state index contributed by atoms with van der Waals surface area (Å²) in [6.07, 6.45) is 0.767. The van der Waals surface area contributed by atoms with Gasteiger partial charge in [-0.05, 0) is 115 Å². The highest BCUT2D eigenvalue weighted by Gasteiger charge is 2.35. The van der Waals surface area contributed by atoms with Crippen LogP contribution in [0.5, 0.6) is 17.2 Å². The number of azo groups is 4. The third-order valence-electron chi connectivity index (χ3n) is 15.3. The number of imide groups is 2. The minimum Gasteiger partial charge on any atom is -0.508 e. The fraction of sp³-hybridized carbons (Fsp3) is 0.141. The highest BCUT2D eigenvalue weighted by molar-refractivity contribution is 6.72. The summed E-state index contributed by atoms with van der Waals surface area (Å²) in [6.45, 7) is 0. The van der Waals surface area contributed by atoms with E-state index in [1.807, 2.05) is 0 Å². The van der Waals surface area contributed by atoms with Crippen molar-refractivity contribution in [3.8, 4) is 17.2 Å². The fourth-order valence-electron chi connectivity index (χ4n) is 9.76. The lowest BCUT2D eigenvalue weighted by molar-refractivity contribution is -0.171. The van der Waals surface area contributed by atoms with Gasteiger partial charge in [0.05, 0.1) is 76.7 Å². The normalized spacial score (nSPS) is 13.4. The van der Waals surface area contributed by atoms with E-state index < -0.39 is 95.0 Å². The lowest BCUT2D eigenvalue weighted by atomic mass is 9.95. The summed E-state index contributed by atoms with van der Waals surface area (Å²) in [4.78, 5) is 181. The molecule has 0 spiro atoms. The molecule has 2 fully saturated rings. The van der Waals surface area contributed by atoms with Crippen LogP contribution in [0.2, 0.25) is 0 Å². The Labute approximate surface area is 661 Å². The first-order valence-electron chi connectivity index (χ1n) is 33.7. The summed E-state index contributed by atoms with van der Waals surface area (Å²) >= 11 is 0. The highest BCUT2D eigenvalue weighted by Crippen LogP contribution is 2.32. The monoisotopic (exact) mass is 1600 g/mol. The van der Waals surface area contributed by atoms with E-state index in [1.165, 1.54) is 109 Å². The van der Waals surface area contributed by atoms with Gasteiger partial charge in [0.25, 0.3) is 29.5 Å². The number of hydroxylamine groups is 4. The van der Waals surface area contributed by atoms with Crippen molar-refractivity contribution in [1.29, 1.82) is 0 Å². The van der Waals surface area contributed by atoms with Gasteiger partial charge in [0.1, 0.15) is 40.1 Å². The maximum Gasteiger partial charge on any atom is 0.421 e. The Morgan fingerprint density at radius 1 is 0.419 bits per heavy atom. The van der Waals surface area contributed by atoms with E-state index in [0.29, 0.717) is 41.8 Å². The molecule has 1 unspecified atom stereocenters. The van der Waals surface area contributed by atoms with Crippen LogP contribution < -0.4 is 31.8 Å². The minimum absolute atomic E-state index is 0.0101. The van der Waals surface area contributed by atoms with E-state index in [4.69, 9.17) is 21.0 Å². The van der Waals surface area contributed by atoms with Gasteiger partial charge >= 0.3 is 65.8 Å². The molecule has 10 rings (SSSR count). The Morgan fingerprint density at radius 3 is 1.15 bits per heavy atom. The number of phenols is 3. The van der Waals surface area contributed by atoms with Crippen molar-refractivity contribution < 1.29 is 128 Å². The first-order valence-corrected chi connectivity index (χ1v) is 33.7. The van der Waals surface area contributed by atoms with Gasteiger partial charge in [-0.2, -0.15) is 25.6 Å². The molecule has 9 amide bonds. The van der Waals surface area contributed by atoms with E-state index in [2.05, 4.69) is 76.7 Å². The number of rotatable bonds is 29. The van der Waals surface area contributed by atoms with Crippen LogP contribution in [-0.4, -0.2) is 181 Å². The minimum atomic E-state index is -1.30. The second-order valence-corrected chi connectivity index (χ2v) is 23.7. The number of carbonyl (C=O) groups is 15. The number of carboxylic acids is 4. The van der Waals surface area contributed by atoms with E-state index in [0.717, 1.165) is 15.1 Å². The van der Waals surface area contributed by atoms with Crippen molar-refractivity contribution in [2.24, 2.45) is 46.6 Å². The van der Waals surface area contributed by atoms with Gasteiger partial charge in [-0.25, -0.2) is 24.0 Å². The number of hydrogen-bond donors (Lipinski definition) is 15. The standard InChI is InChI=1S/C20H19BN5O8.C20H16BN4O8.C16H13BN3O6.C15H14BN4O4/c27-15-6-5-12(24-25-14-4-2-1-3-13(14)19(31)32)9-11(15)10-16(28)22-21-23-20(33)34-26-17(29)7-8-18(26)30;26-15-6-5-12(23-24-14-4-2-1-3-13(14)19(30)31)9-11(15)10-16(27)22-21-20(32)33-25-17(28)7-8-18(25)29;21-13-6-5-10(7-9(13)8-14(22)18-17-16(25)26)19-20-12-4-2-1-3-11(12)15(23)24;17-16-18-14(22)8-9-7-10(5-6-13(9)21)19-20-12-4-2-1-3-11(12)15(23)24/h1-6,12,27H,7-10H2,(H,22,28)(H,23,33)(H,31,32);1-6,9,26H,7-8,10H2,(H,22,27)(H,30,31);1-7,21H,8H2,(H,18,22)(H,23,24)(H,25,26);1-7,21H,8,17H2,(H,18,22)(H,23,24). The molecule has 0 saturated carbocycles. The number of phenolic OH excluding ortho intramolecular Hbond substituents is 3. The number of aromatic carboxylic acids is 4. The molecule has 117 heavy (non-hydrogen) atoms. The number of nitrogens with two attached hydrogens (primary N) is 1. The summed E-state index contributed by atoms with van der Waals surface area (Å²) in [7, 11) is 3.11. The van der Waals surface area contributed by atoms with Crippen molar-refractivity contribution in [3.05, 3.63) is 214 Å². The first kappa shape index (κ1) is 88.3. The number of nitrogens with zero attached hydrogens (tertiary/aromatic N) is 10. The van der Waals surface area contributed by atoms with Crippen LogP contribution in [0.4, 0.5) is 54.2 Å². The predicted octanol–water partition coefficient (Wildman–Crippen LogP) is 7.54. The van der Waals surface area contributed by atoms with Crippen molar-refractivity contribution in [1.82, 2.24) is 36.3 Å². The van der Waals surface area contributed by atoms with Crippen molar-refractivity contribution in [2.45, 2.75) is 63.8 Å². The lowest BCUT2D eigenvalue weighted by Gasteiger charge is -2.16. The van der Waals surface area contributed by atoms with Gasteiger partial charge in [0.15, 0.2) is 0 Å². The average molecular weight is 1600 g/mol. The zero-order chi connectivity index (χ0) is 85.3. The number of nitrogens with one attached hydrogen (secondary N) is 5. The van der Waals surface area contributed by atoms with Crippen molar-refractivity contribution in [2.75, 3.05) is 0 Å². The number of allylic oxidation sites excluding steroid dienone is 1. The molecule has 1 aliphatic carbocycles. The third-order valence-corrected chi connectivity index (χ3v) is 15.3. The molecule has 1 atom stereocenters. The Balaban J connectivity index is 0.000000218. The number of hydrogen-bond acceptors (Lipinski definition) is 30. The van der Waals surface area contributed by atoms with Crippen LogP contribution >= 0.6 is 0 Å². The molecular formula is C71H62B4N16O26. The molecule has 7 aromatic rings. The van der Waals surface area contributed by atoms with Crippen LogP contribution in [0.15, 0.2) is 216 Å². The van der Waals surface area contributed by atoms with Gasteiger partial charge < -0.3 is 87.4 Å². The Hall–Kier alpha value is -15.9. The molecule has 2 saturated heterocycles. The molecule has 16 N–H and O–H groups in total. The largest absolute Gasteiger partial charge is 0.508 e. The first-order chi connectivity index (χ1) is 55.9. The van der Waals surface area contributed by atoms with Gasteiger partial charge in [-0.1, -0.05) is 54.6 Å². The quantitative estimate of drug-likeness (QED) is 0.0122. The van der Waals surface area contributed by atoms with Crippen LogP contribution in [0.1, 0.15) is 96.6 Å². The maximum atomic E-state index is 12.2. The SMILES string of the molecule is N[B]NC(=O)Cc1cc(N=Nc2ccccc2C(=O)O)ccc1O.O=C(CC1=C(O)C=CC(N=Nc2ccccc2C(=O)O)C1)N[B]NC(=O)ON1C(=O)CCC1=O.O=C(Cc1cc(N=Nc2ccccc2C(=O)O)ccc1O)N[B]C(=O)ON1C(=O)CCC1=O.O=C(O)[B]NC(=O)Cc1cc(N=Nc2ccccc2C(=O)O)ccc1O. The Morgan fingerprint density at radius 2 is 0.769 bits per heavy atom. The van der Waals surface area contributed by atoms with Gasteiger partial charge in [0, 0.05) is 48.8 Å². The maximum absolute atomic E-state index is 12.2. The van der Waals surface area contributed by atoms with Gasteiger partial charge in [-0.3, -0.25) is 47.9 Å². The highest BCUT2D eigenvalue weighted by atomic mass is 16.7. The number of amides is 9. The number of aromatic hydroxyl groups is 3. The molecule has 4 radical (unpaired) electrons. The Bertz CT molecular complexity index is 5190. The van der Waals surface area contributed by atoms with E-state index >= 15 is 0 Å². The molecule has 3 aliphatic rings. The van der Waals surface area contributed by atoms with Gasteiger partial charge in [-0.15, -0.1) is 25.5 Å². The summed E-state index contributed by atoms with van der Waals surface area (Å²) in [5.74, 6) is -12.5. The van der Waals surface area contributed by atoms with Crippen LogP contribution in [0.3, 0.4) is 0 Å². The van der Waals surface area contributed by atoms with E-state index in [-0.39, 0.29) is 148 Å². The van der Waals surface area contributed by atoms with Crippen molar-refractivity contribution >= 4 is 159 Å². The summed E-state index contributed by atoms with van der Waals surface area (Å²) < 4.78 is 0. The molecule has 46 heteroatoms. The predicted molar refractivity (Wildman–Crippen MR) is 404 cm³/mol. The zero-order valence-electron chi connectivity index (χ0n) is 60.4. The number of carboxylic acid groups (broad SMARTS) is 5. The molecular weight excluding hydrogens is 1540 g/mol. The smallest absolute Gasteiger partial charge is 0.421 e. The number of benzene rings is 7. The second-order valence-electron chi connectivity index (χ2n) is 23.7. The van der Waals surface area contributed by atoms with Crippen LogP contribution in [-0.2, 0) is 67.3 Å². The lowest BCUT2D eigenvalue weighted by Crippen LogP contribution is -2.44. The number of aliphatic hydroxyl groups excluding tert-OH is 1. The zero-order valence-corrected chi connectivity index (χ0v) is 60.4. The van der Waals surface area contributed by atoms with Crippen molar-refractivity contribution in [3.63, 3.8) is 0 Å². The van der Waals surface area contributed by atoms with Gasteiger partial charge in [0.2, 0.25) is 23.6 Å². The number of carbonyl (C=O) groups excluding carboxylic acids is 10. The number of aliphatic hydroxyl groups is 1. The molecule has 7 aromatic carbocycles. The second kappa shape index (κ2) is 43.6. The third kappa shape index (κ3) is 28.1. The molecule has 2 heterocycles. The fourth-order valence-corrected chi connectivity index (χ4v) is 9.76.